The lowest BCUT2D eigenvalue weighted by Gasteiger charge is -2.07. The number of benzene rings is 1. The number of nitriles is 1. The van der Waals surface area contributed by atoms with Gasteiger partial charge in [-0.1, -0.05) is 0 Å². The van der Waals surface area contributed by atoms with Gasteiger partial charge in [0.1, 0.15) is 0 Å². The van der Waals surface area contributed by atoms with Crippen LogP contribution in [0.5, 0.6) is 0 Å². The molecule has 4 nitrogen and oxygen atoms in total. The van der Waals surface area contributed by atoms with Crippen LogP contribution in [0.15, 0.2) is 24.3 Å². The topological polar surface area (TPSA) is 76.0 Å². The lowest BCUT2D eigenvalue weighted by Crippen LogP contribution is -2.01. The van der Waals surface area contributed by atoms with E-state index in [1.54, 1.807) is 0 Å². The van der Waals surface area contributed by atoms with E-state index in [1.807, 2.05) is 6.07 Å². The van der Waals surface area contributed by atoms with E-state index in [-0.39, 0.29) is 0 Å². The molecule has 1 rings (SSSR count). The van der Waals surface area contributed by atoms with Crippen molar-refractivity contribution in [2.24, 2.45) is 0 Å². The summed E-state index contributed by atoms with van der Waals surface area (Å²) in [5.74, 6) is 0. The zero-order chi connectivity index (χ0) is 8.97. The highest BCUT2D eigenvalue weighted by molar-refractivity contribution is 7.80. The highest BCUT2D eigenvalue weighted by atomic mass is 32.2. The Morgan fingerprint density at radius 3 is 2.42 bits per heavy atom. The molecule has 0 aliphatic carbocycles. The van der Waals surface area contributed by atoms with Crippen LogP contribution < -0.4 is 4.72 Å². The Labute approximate surface area is 72.3 Å². The van der Waals surface area contributed by atoms with E-state index in [2.05, 4.69) is 4.72 Å². The Kier molecular flexibility index (Phi) is 2.80. The first kappa shape index (κ1) is 8.71. The van der Waals surface area contributed by atoms with Crippen LogP contribution in [0.2, 0.25) is 0 Å². The standard InChI is InChI=1S/C7H6N2O2S/c8-5-6-1-3-7(4-2-6)9-12(10)11/h1-4,9H,(H,10,11)/p-1. The Bertz CT molecular complexity index is 328. The third-order valence-corrected chi connectivity index (χ3v) is 1.62. The molecule has 5 heteroatoms. The van der Waals surface area contributed by atoms with Crippen molar-refractivity contribution in [3.8, 4) is 6.07 Å². The van der Waals surface area contributed by atoms with Crippen molar-refractivity contribution in [3.63, 3.8) is 0 Å². The largest absolute Gasteiger partial charge is 0.755 e. The van der Waals surface area contributed by atoms with E-state index >= 15 is 0 Å². The van der Waals surface area contributed by atoms with Crippen LogP contribution in [0, 0.1) is 11.3 Å². The molecule has 0 aliphatic rings. The molecular weight excluding hydrogens is 176 g/mol. The van der Waals surface area contributed by atoms with Gasteiger partial charge in [0.15, 0.2) is 0 Å². The highest BCUT2D eigenvalue weighted by Crippen LogP contribution is 2.08. The van der Waals surface area contributed by atoms with Crippen molar-refractivity contribution < 1.29 is 8.76 Å². The van der Waals surface area contributed by atoms with Gasteiger partial charge in [0.25, 0.3) is 0 Å². The molecule has 0 fully saturated rings. The summed E-state index contributed by atoms with van der Waals surface area (Å²) < 4.78 is 22.5. The molecule has 12 heavy (non-hydrogen) atoms. The molecule has 0 aliphatic heterocycles. The van der Waals surface area contributed by atoms with Crippen molar-refractivity contribution >= 4 is 17.0 Å². The van der Waals surface area contributed by atoms with E-state index < -0.39 is 11.3 Å². The van der Waals surface area contributed by atoms with E-state index in [1.165, 1.54) is 24.3 Å². The molecule has 1 N–H and O–H groups in total. The van der Waals surface area contributed by atoms with Gasteiger partial charge in [-0.15, -0.1) is 0 Å². The Morgan fingerprint density at radius 1 is 1.42 bits per heavy atom. The molecule has 0 radical (unpaired) electrons. The SMILES string of the molecule is N#Cc1ccc(NS(=O)[O-])cc1. The van der Waals surface area contributed by atoms with Gasteiger partial charge >= 0.3 is 0 Å². The molecule has 1 unspecified atom stereocenters. The summed E-state index contributed by atoms with van der Waals surface area (Å²) >= 11 is -2.31. The third-order valence-electron chi connectivity index (χ3n) is 1.22. The van der Waals surface area contributed by atoms with E-state index in [0.717, 1.165) is 0 Å². The number of hydrogen-bond donors (Lipinski definition) is 1. The van der Waals surface area contributed by atoms with Gasteiger partial charge in [-0.05, 0) is 24.3 Å². The second-order valence-corrected chi connectivity index (χ2v) is 2.70. The Hall–Kier alpha value is -1.38. The fourth-order valence-corrected chi connectivity index (χ4v) is 1.04. The van der Waals surface area contributed by atoms with E-state index in [0.29, 0.717) is 11.3 Å². The maximum atomic E-state index is 10.1. The van der Waals surface area contributed by atoms with Crippen molar-refractivity contribution in [2.45, 2.75) is 0 Å². The average molecular weight is 181 g/mol. The van der Waals surface area contributed by atoms with Gasteiger partial charge in [-0.2, -0.15) is 5.26 Å². The highest BCUT2D eigenvalue weighted by Gasteiger charge is 1.91. The first-order valence-electron chi connectivity index (χ1n) is 3.08. The number of anilines is 1. The van der Waals surface area contributed by atoms with Crippen molar-refractivity contribution in [1.82, 2.24) is 0 Å². The van der Waals surface area contributed by atoms with Gasteiger partial charge < -0.3 is 9.27 Å². The summed E-state index contributed by atoms with van der Waals surface area (Å²) in [6.45, 7) is 0. The quantitative estimate of drug-likeness (QED) is 0.684. The number of nitrogens with zero attached hydrogens (tertiary/aromatic N) is 1. The second kappa shape index (κ2) is 3.85. The minimum atomic E-state index is -2.31. The summed E-state index contributed by atoms with van der Waals surface area (Å²) in [5, 5.41) is 8.42. The molecular formula is C7H5N2O2S-. The molecule has 0 spiro atoms. The molecule has 1 aromatic carbocycles. The van der Waals surface area contributed by atoms with Crippen molar-refractivity contribution in [3.05, 3.63) is 29.8 Å². The number of hydrogen-bond acceptors (Lipinski definition) is 3. The molecule has 0 aromatic heterocycles. The minimum Gasteiger partial charge on any atom is -0.755 e. The zero-order valence-electron chi connectivity index (χ0n) is 5.98. The van der Waals surface area contributed by atoms with Gasteiger partial charge in [0, 0.05) is 17.0 Å². The van der Waals surface area contributed by atoms with Crippen molar-refractivity contribution in [1.29, 1.82) is 5.26 Å². The van der Waals surface area contributed by atoms with Crippen LogP contribution in [-0.4, -0.2) is 8.76 Å². The number of nitrogens with one attached hydrogen (secondary N) is 1. The van der Waals surface area contributed by atoms with Crippen molar-refractivity contribution in [2.75, 3.05) is 4.72 Å². The van der Waals surface area contributed by atoms with Gasteiger partial charge in [0.05, 0.1) is 11.6 Å². The van der Waals surface area contributed by atoms with Crippen LogP contribution in [0.3, 0.4) is 0 Å². The van der Waals surface area contributed by atoms with E-state index in [4.69, 9.17) is 5.26 Å². The number of rotatable bonds is 2. The molecule has 0 saturated heterocycles. The molecule has 62 valence electrons. The summed E-state index contributed by atoms with van der Waals surface area (Å²) in [7, 11) is 0. The van der Waals surface area contributed by atoms with Crippen LogP contribution in [0.25, 0.3) is 0 Å². The maximum Gasteiger partial charge on any atom is 0.0991 e. The average Bonchev–Trinajstić information content (AvgIpc) is 2.05. The first-order chi connectivity index (χ1) is 5.72. The fraction of sp³-hybridized carbons (Fsp3) is 0. The van der Waals surface area contributed by atoms with Gasteiger partial charge in [-0.3, -0.25) is 4.21 Å². The van der Waals surface area contributed by atoms with E-state index in [9.17, 15) is 8.76 Å². The summed E-state index contributed by atoms with van der Waals surface area (Å²) in [6.07, 6.45) is 0. The second-order valence-electron chi connectivity index (χ2n) is 2.03. The monoisotopic (exact) mass is 181 g/mol. The van der Waals surface area contributed by atoms with Gasteiger partial charge in [-0.25, -0.2) is 0 Å². The minimum absolute atomic E-state index is 0.447. The first-order valence-corrected chi connectivity index (χ1v) is 4.16. The summed E-state index contributed by atoms with van der Waals surface area (Å²) in [6, 6.07) is 8.04. The third kappa shape index (κ3) is 2.34. The summed E-state index contributed by atoms with van der Waals surface area (Å²) in [5.41, 5.74) is 0.944. The van der Waals surface area contributed by atoms with Crippen LogP contribution in [-0.2, 0) is 11.3 Å². The lowest BCUT2D eigenvalue weighted by molar-refractivity contribution is 0.542. The lowest BCUT2D eigenvalue weighted by atomic mass is 10.2. The molecule has 1 aromatic rings. The Balaban J connectivity index is 2.80. The smallest absolute Gasteiger partial charge is 0.0991 e. The Morgan fingerprint density at radius 2 is 2.00 bits per heavy atom. The fourth-order valence-electron chi connectivity index (χ4n) is 0.709. The molecule has 0 amide bonds. The molecule has 0 heterocycles. The molecule has 0 saturated carbocycles. The van der Waals surface area contributed by atoms with Crippen LogP contribution in [0.1, 0.15) is 5.56 Å². The maximum absolute atomic E-state index is 10.1. The summed E-state index contributed by atoms with van der Waals surface area (Å²) in [4.78, 5) is 0. The molecule has 0 bridgehead atoms. The van der Waals surface area contributed by atoms with Crippen LogP contribution >= 0.6 is 0 Å². The van der Waals surface area contributed by atoms with Gasteiger partial charge in [0.2, 0.25) is 0 Å². The zero-order valence-corrected chi connectivity index (χ0v) is 6.80. The van der Waals surface area contributed by atoms with Crippen LogP contribution in [0.4, 0.5) is 5.69 Å². The molecule has 1 atom stereocenters. The normalized spacial score (nSPS) is 11.7. The predicted octanol–water partition coefficient (Wildman–Crippen LogP) is 0.764. The predicted molar refractivity (Wildman–Crippen MR) is 43.7 cm³/mol.